The van der Waals surface area contributed by atoms with E-state index in [9.17, 15) is 9.18 Å². The van der Waals surface area contributed by atoms with Gasteiger partial charge in [-0.3, -0.25) is 9.48 Å². The zero-order chi connectivity index (χ0) is 17.1. The lowest BCUT2D eigenvalue weighted by Crippen LogP contribution is -2.36. The van der Waals surface area contributed by atoms with Gasteiger partial charge < -0.3 is 10.3 Å². The van der Waals surface area contributed by atoms with Gasteiger partial charge >= 0.3 is 0 Å². The second kappa shape index (κ2) is 4.93. The summed E-state index contributed by atoms with van der Waals surface area (Å²) in [6, 6.07) is 5.08. The molecule has 1 amide bonds. The second-order valence-corrected chi connectivity index (χ2v) is 6.77. The lowest BCUT2D eigenvalue weighted by atomic mass is 10.1. The molecular weight excluding hydrogens is 307 g/mol. The van der Waals surface area contributed by atoms with E-state index in [2.05, 4.69) is 22.3 Å². The number of halogens is 1. The summed E-state index contributed by atoms with van der Waals surface area (Å²) in [5, 5.41) is 7.76. The molecule has 5 nitrogen and oxygen atoms in total. The smallest absolute Gasteiger partial charge is 0.268 e. The predicted molar refractivity (Wildman–Crippen MR) is 89.1 cm³/mol. The van der Waals surface area contributed by atoms with E-state index in [0.717, 1.165) is 12.0 Å². The zero-order valence-corrected chi connectivity index (χ0v) is 13.9. The minimum atomic E-state index is -0.378. The van der Waals surface area contributed by atoms with Crippen LogP contribution in [0.3, 0.4) is 0 Å². The summed E-state index contributed by atoms with van der Waals surface area (Å²) in [4.78, 5) is 15.7. The zero-order valence-electron chi connectivity index (χ0n) is 13.9. The van der Waals surface area contributed by atoms with E-state index >= 15 is 0 Å². The maximum absolute atomic E-state index is 14.2. The molecule has 24 heavy (non-hydrogen) atoms. The number of benzene rings is 1. The molecule has 2 atom stereocenters. The number of nitrogens with zero attached hydrogens (tertiary/aromatic N) is 2. The van der Waals surface area contributed by atoms with Crippen LogP contribution in [0.15, 0.2) is 30.6 Å². The Hall–Kier alpha value is -2.63. The number of rotatable bonds is 3. The number of aromatic amines is 1. The van der Waals surface area contributed by atoms with Crippen molar-refractivity contribution in [3.05, 3.63) is 53.2 Å². The van der Waals surface area contributed by atoms with Gasteiger partial charge in [0.1, 0.15) is 11.5 Å². The van der Waals surface area contributed by atoms with E-state index in [1.807, 2.05) is 13.2 Å². The van der Waals surface area contributed by atoms with Crippen LogP contribution in [-0.2, 0) is 12.6 Å². The van der Waals surface area contributed by atoms with Crippen molar-refractivity contribution in [2.75, 3.05) is 0 Å². The van der Waals surface area contributed by atoms with E-state index in [-0.39, 0.29) is 17.3 Å². The summed E-state index contributed by atoms with van der Waals surface area (Å²) >= 11 is 0. The van der Waals surface area contributed by atoms with E-state index in [4.69, 9.17) is 0 Å². The first-order chi connectivity index (χ1) is 11.4. The van der Waals surface area contributed by atoms with Gasteiger partial charge in [0, 0.05) is 29.7 Å². The molecule has 2 aromatic heterocycles. The summed E-state index contributed by atoms with van der Waals surface area (Å²) in [5.41, 5.74) is 2.19. The molecule has 1 fully saturated rings. The summed E-state index contributed by atoms with van der Waals surface area (Å²) in [7, 11) is 1.86. The number of aromatic nitrogens is 3. The van der Waals surface area contributed by atoms with Crippen molar-refractivity contribution in [3.8, 4) is 0 Å². The number of H-pyrrole nitrogens is 1. The predicted octanol–water partition coefficient (Wildman–Crippen LogP) is 3.01. The van der Waals surface area contributed by atoms with Crippen LogP contribution in [0.2, 0.25) is 0 Å². The average Bonchev–Trinajstić information content (AvgIpc) is 2.95. The molecule has 0 unspecified atom stereocenters. The SMILES string of the molecule is Cc1ccc2[nH]c(C(=O)N[C@]3(c4cnn(C)c4)C[C@H]3C)cc2c1F. The molecular formula is C18H19FN4O. The maximum Gasteiger partial charge on any atom is 0.268 e. The minimum absolute atomic E-state index is 0.226. The number of hydrogen-bond donors (Lipinski definition) is 2. The molecule has 0 aliphatic heterocycles. The van der Waals surface area contributed by atoms with Gasteiger partial charge in [0.05, 0.1) is 11.7 Å². The molecule has 6 heteroatoms. The number of amides is 1. The van der Waals surface area contributed by atoms with Crippen LogP contribution in [0.25, 0.3) is 10.9 Å². The average molecular weight is 326 g/mol. The van der Waals surface area contributed by atoms with Crippen LogP contribution in [0, 0.1) is 18.7 Å². The third kappa shape index (κ3) is 2.13. The van der Waals surface area contributed by atoms with Gasteiger partial charge in [0.2, 0.25) is 0 Å². The second-order valence-electron chi connectivity index (χ2n) is 6.77. The topological polar surface area (TPSA) is 62.7 Å². The summed E-state index contributed by atoms with van der Waals surface area (Å²) in [6.07, 6.45) is 4.59. The van der Waals surface area contributed by atoms with Gasteiger partial charge in [-0.1, -0.05) is 13.0 Å². The van der Waals surface area contributed by atoms with Gasteiger partial charge in [0.25, 0.3) is 5.91 Å². The van der Waals surface area contributed by atoms with Crippen molar-refractivity contribution in [1.29, 1.82) is 0 Å². The Morgan fingerprint density at radius 1 is 1.50 bits per heavy atom. The van der Waals surface area contributed by atoms with Crippen molar-refractivity contribution >= 4 is 16.8 Å². The van der Waals surface area contributed by atoms with Gasteiger partial charge in [0.15, 0.2) is 0 Å². The lowest BCUT2D eigenvalue weighted by molar-refractivity contribution is 0.0923. The fourth-order valence-corrected chi connectivity index (χ4v) is 3.39. The third-order valence-electron chi connectivity index (χ3n) is 5.04. The van der Waals surface area contributed by atoms with Gasteiger partial charge in [-0.05, 0) is 37.0 Å². The Balaban J connectivity index is 1.66. The van der Waals surface area contributed by atoms with Crippen molar-refractivity contribution < 1.29 is 9.18 Å². The minimum Gasteiger partial charge on any atom is -0.350 e. The molecule has 0 saturated heterocycles. The Bertz CT molecular complexity index is 957. The highest BCUT2D eigenvalue weighted by molar-refractivity contribution is 5.99. The van der Waals surface area contributed by atoms with Crippen LogP contribution >= 0.6 is 0 Å². The largest absolute Gasteiger partial charge is 0.350 e. The molecule has 0 radical (unpaired) electrons. The summed E-state index contributed by atoms with van der Waals surface area (Å²) in [5.74, 6) is -0.171. The van der Waals surface area contributed by atoms with Gasteiger partial charge in [-0.15, -0.1) is 0 Å². The Morgan fingerprint density at radius 3 is 2.88 bits per heavy atom. The highest BCUT2D eigenvalue weighted by Crippen LogP contribution is 2.51. The molecule has 3 aromatic rings. The number of carbonyl (C=O) groups is 1. The van der Waals surface area contributed by atoms with Crippen LogP contribution in [-0.4, -0.2) is 20.7 Å². The maximum atomic E-state index is 14.2. The van der Waals surface area contributed by atoms with Crippen LogP contribution < -0.4 is 5.32 Å². The highest BCUT2D eigenvalue weighted by Gasteiger charge is 2.54. The quantitative estimate of drug-likeness (QED) is 0.777. The summed E-state index contributed by atoms with van der Waals surface area (Å²) < 4.78 is 15.9. The fourth-order valence-electron chi connectivity index (χ4n) is 3.39. The van der Waals surface area contributed by atoms with E-state index in [1.54, 1.807) is 36.0 Å². The van der Waals surface area contributed by atoms with Crippen molar-refractivity contribution in [1.82, 2.24) is 20.1 Å². The summed E-state index contributed by atoms with van der Waals surface area (Å²) in [6.45, 7) is 3.81. The normalized spacial score (nSPS) is 22.8. The van der Waals surface area contributed by atoms with Crippen LogP contribution in [0.4, 0.5) is 4.39 Å². The van der Waals surface area contributed by atoms with Crippen molar-refractivity contribution in [3.63, 3.8) is 0 Å². The molecule has 2 N–H and O–H groups in total. The Kier molecular flexibility index (Phi) is 3.07. The molecule has 0 spiro atoms. The number of fused-ring (bicyclic) bond motifs is 1. The molecule has 2 heterocycles. The first-order valence-electron chi connectivity index (χ1n) is 8.00. The first kappa shape index (κ1) is 14.9. The number of nitrogens with one attached hydrogen (secondary N) is 2. The fraction of sp³-hybridized carbons (Fsp3) is 0.333. The Labute approximate surface area is 138 Å². The number of hydrogen-bond acceptors (Lipinski definition) is 2. The lowest BCUT2D eigenvalue weighted by Gasteiger charge is -2.16. The van der Waals surface area contributed by atoms with Crippen molar-refractivity contribution in [2.24, 2.45) is 13.0 Å². The molecule has 1 aliphatic rings. The van der Waals surface area contributed by atoms with E-state index in [1.165, 1.54) is 0 Å². The highest BCUT2D eigenvalue weighted by atomic mass is 19.1. The molecule has 1 saturated carbocycles. The van der Waals surface area contributed by atoms with Crippen molar-refractivity contribution in [2.45, 2.75) is 25.8 Å². The molecule has 4 rings (SSSR count). The monoisotopic (exact) mass is 326 g/mol. The Morgan fingerprint density at radius 2 is 2.25 bits per heavy atom. The van der Waals surface area contributed by atoms with Gasteiger partial charge in [-0.25, -0.2) is 4.39 Å². The number of carbonyl (C=O) groups excluding carboxylic acids is 1. The third-order valence-corrected chi connectivity index (χ3v) is 5.04. The van der Waals surface area contributed by atoms with Crippen LogP contribution in [0.5, 0.6) is 0 Å². The molecule has 124 valence electrons. The first-order valence-corrected chi connectivity index (χ1v) is 8.00. The van der Waals surface area contributed by atoms with Gasteiger partial charge in [-0.2, -0.15) is 5.10 Å². The standard InChI is InChI=1S/C18H19FN4O/c1-10-4-5-14-13(16(10)19)6-15(21-14)17(24)22-18(7-11(18)2)12-8-20-23(3)9-12/h4-6,8-9,11,21H,7H2,1-3H3,(H,22,24)/t11-,18-/m1/s1. The molecule has 1 aliphatic carbocycles. The van der Waals surface area contributed by atoms with Crippen LogP contribution in [0.1, 0.15) is 35.0 Å². The molecule has 0 bridgehead atoms. The molecule has 1 aromatic carbocycles. The number of aryl methyl sites for hydroxylation is 2. The van der Waals surface area contributed by atoms with E-state index < -0.39 is 0 Å². The van der Waals surface area contributed by atoms with E-state index in [0.29, 0.717) is 28.1 Å².